The van der Waals surface area contributed by atoms with Gasteiger partial charge in [-0.15, -0.1) is 0 Å². The van der Waals surface area contributed by atoms with E-state index in [4.69, 9.17) is 0 Å². The molecule has 2 aliphatic heterocycles. The summed E-state index contributed by atoms with van der Waals surface area (Å²) in [5.74, 6) is 0. The quantitative estimate of drug-likeness (QED) is 0.226. The van der Waals surface area contributed by atoms with Gasteiger partial charge in [0.25, 0.3) is 0 Å². The van der Waals surface area contributed by atoms with Crippen molar-refractivity contribution in [2.75, 3.05) is 9.80 Å². The number of hydrogen-bond acceptors (Lipinski definition) is 2. The maximum atomic E-state index is 2.47. The van der Waals surface area contributed by atoms with Gasteiger partial charge >= 0.3 is 0 Å². The second-order valence-electron chi connectivity index (χ2n) is 11.6. The van der Waals surface area contributed by atoms with Crippen molar-refractivity contribution in [2.24, 2.45) is 0 Å². The fraction of sp³-hybridized carbons (Fsp3) is 0.105. The Labute approximate surface area is 235 Å². The van der Waals surface area contributed by atoms with Gasteiger partial charge in [-0.05, 0) is 77.5 Å². The maximum absolute atomic E-state index is 2.47. The van der Waals surface area contributed by atoms with E-state index >= 15 is 0 Å². The first kappa shape index (κ1) is 23.1. The van der Waals surface area contributed by atoms with Crippen LogP contribution in [-0.2, 0) is 5.41 Å². The third-order valence-electron chi connectivity index (χ3n) is 8.81. The Morgan fingerprint density at radius 2 is 1.12 bits per heavy atom. The average molecular weight is 515 g/mol. The fourth-order valence-corrected chi connectivity index (χ4v) is 6.82. The van der Waals surface area contributed by atoms with Crippen LogP contribution in [0.2, 0.25) is 0 Å². The Balaban J connectivity index is 1.49. The lowest BCUT2D eigenvalue weighted by molar-refractivity contribution is 0.632. The molecule has 2 heteroatoms. The number of rotatable bonds is 2. The molecule has 0 N–H and O–H groups in total. The van der Waals surface area contributed by atoms with Gasteiger partial charge in [0.2, 0.25) is 0 Å². The monoisotopic (exact) mass is 514 g/mol. The van der Waals surface area contributed by atoms with Crippen molar-refractivity contribution in [2.45, 2.75) is 26.2 Å². The summed E-state index contributed by atoms with van der Waals surface area (Å²) in [6.45, 7) is 6.89. The zero-order valence-electron chi connectivity index (χ0n) is 23.0. The highest BCUT2D eigenvalue weighted by molar-refractivity contribution is 6.14. The molecule has 0 saturated carbocycles. The van der Waals surface area contributed by atoms with Gasteiger partial charge in [0.15, 0.2) is 0 Å². The van der Waals surface area contributed by atoms with E-state index in [2.05, 4.69) is 158 Å². The fourth-order valence-electron chi connectivity index (χ4n) is 6.82. The molecular weight excluding hydrogens is 484 g/mol. The third-order valence-corrected chi connectivity index (χ3v) is 8.81. The van der Waals surface area contributed by atoms with Crippen LogP contribution in [0.15, 0.2) is 127 Å². The molecule has 0 aliphatic carbocycles. The smallest absolute Gasteiger partial charge is 0.0561 e. The van der Waals surface area contributed by atoms with E-state index in [1.54, 1.807) is 0 Å². The molecule has 0 amide bonds. The molecule has 192 valence electrons. The highest BCUT2D eigenvalue weighted by Crippen LogP contribution is 2.58. The normalized spacial score (nSPS) is 14.5. The summed E-state index contributed by atoms with van der Waals surface area (Å²) in [6.07, 6.45) is 0. The van der Waals surface area contributed by atoms with Crippen LogP contribution in [0.4, 0.5) is 34.1 Å². The zero-order chi connectivity index (χ0) is 27.0. The molecule has 6 aromatic rings. The van der Waals surface area contributed by atoms with Crippen molar-refractivity contribution in [1.29, 1.82) is 0 Å². The molecule has 0 saturated heterocycles. The van der Waals surface area contributed by atoms with Crippen molar-refractivity contribution in [3.8, 4) is 11.1 Å². The number of aryl methyl sites for hydroxylation is 1. The Morgan fingerprint density at radius 3 is 1.93 bits per heavy atom. The summed E-state index contributed by atoms with van der Waals surface area (Å²) >= 11 is 0. The van der Waals surface area contributed by atoms with Gasteiger partial charge < -0.3 is 9.80 Å². The lowest BCUT2D eigenvalue weighted by Crippen LogP contribution is -2.31. The van der Waals surface area contributed by atoms with E-state index in [0.717, 1.165) is 0 Å². The van der Waals surface area contributed by atoms with E-state index in [-0.39, 0.29) is 5.41 Å². The second kappa shape index (κ2) is 8.34. The van der Waals surface area contributed by atoms with E-state index < -0.39 is 0 Å². The van der Waals surface area contributed by atoms with Crippen molar-refractivity contribution in [1.82, 2.24) is 0 Å². The van der Waals surface area contributed by atoms with Gasteiger partial charge in [0.05, 0.1) is 22.7 Å². The first-order valence-electron chi connectivity index (χ1n) is 14.0. The van der Waals surface area contributed by atoms with Gasteiger partial charge in [0, 0.05) is 27.7 Å². The minimum Gasteiger partial charge on any atom is -0.310 e. The van der Waals surface area contributed by atoms with Gasteiger partial charge in [0.1, 0.15) is 0 Å². The number of benzene rings is 6. The van der Waals surface area contributed by atoms with Crippen molar-refractivity contribution < 1.29 is 0 Å². The van der Waals surface area contributed by atoms with Crippen molar-refractivity contribution in [3.05, 3.63) is 144 Å². The number of fused-ring (bicyclic) bond motifs is 4. The van der Waals surface area contributed by atoms with E-state index in [9.17, 15) is 0 Å². The van der Waals surface area contributed by atoms with Crippen molar-refractivity contribution in [3.63, 3.8) is 0 Å². The van der Waals surface area contributed by atoms with E-state index in [0.29, 0.717) is 0 Å². The minimum atomic E-state index is -0.161. The van der Waals surface area contributed by atoms with Gasteiger partial charge in [-0.25, -0.2) is 0 Å². The molecule has 0 bridgehead atoms. The van der Waals surface area contributed by atoms with Crippen LogP contribution in [0.25, 0.3) is 21.9 Å². The Bertz CT molecular complexity index is 1930. The van der Waals surface area contributed by atoms with Crippen LogP contribution >= 0.6 is 0 Å². The first-order valence-corrected chi connectivity index (χ1v) is 14.0. The molecule has 0 fully saturated rings. The van der Waals surface area contributed by atoms with Gasteiger partial charge in [-0.3, -0.25) is 0 Å². The highest BCUT2D eigenvalue weighted by Gasteiger charge is 2.39. The second-order valence-corrected chi connectivity index (χ2v) is 11.6. The predicted molar refractivity (Wildman–Crippen MR) is 169 cm³/mol. The summed E-state index contributed by atoms with van der Waals surface area (Å²) in [7, 11) is 0. The molecule has 0 spiro atoms. The largest absolute Gasteiger partial charge is 0.310 e. The van der Waals surface area contributed by atoms with Gasteiger partial charge in [-0.2, -0.15) is 0 Å². The van der Waals surface area contributed by atoms with Gasteiger partial charge in [-0.1, -0.05) is 98.3 Å². The molecule has 2 heterocycles. The molecule has 6 aromatic carbocycles. The summed E-state index contributed by atoms with van der Waals surface area (Å²) in [6, 6.07) is 46.9. The van der Waals surface area contributed by atoms with E-state index in [1.807, 2.05) is 0 Å². The maximum Gasteiger partial charge on any atom is 0.0561 e. The summed E-state index contributed by atoms with van der Waals surface area (Å²) < 4.78 is 0. The molecule has 0 unspecified atom stereocenters. The minimum absolute atomic E-state index is 0.161. The van der Waals surface area contributed by atoms with Crippen LogP contribution < -0.4 is 9.80 Å². The molecule has 2 aliphatic rings. The Morgan fingerprint density at radius 1 is 0.475 bits per heavy atom. The van der Waals surface area contributed by atoms with Crippen LogP contribution in [-0.4, -0.2) is 0 Å². The molecule has 8 rings (SSSR count). The molecule has 0 aromatic heterocycles. The van der Waals surface area contributed by atoms with Crippen LogP contribution in [0.1, 0.15) is 30.5 Å². The molecule has 2 nitrogen and oxygen atoms in total. The lowest BCUT2D eigenvalue weighted by atomic mass is 9.72. The SMILES string of the molecule is Cc1ccc(N2c3cc4c(cc3-c3cccc5cccc2c35)C(C)(C)c2ccccc2N4c2ccccc2)cc1. The molecular formula is C38H30N2. The number of hydrogen-bond donors (Lipinski definition) is 0. The van der Waals surface area contributed by atoms with Crippen LogP contribution in [0.3, 0.4) is 0 Å². The molecule has 0 atom stereocenters. The lowest BCUT2D eigenvalue weighted by Gasteiger charge is -2.44. The number of para-hydroxylation sites is 2. The number of nitrogens with zero attached hydrogens (tertiary/aromatic N) is 2. The molecule has 0 radical (unpaired) electrons. The Hall–Kier alpha value is -4.82. The molecule has 40 heavy (non-hydrogen) atoms. The topological polar surface area (TPSA) is 6.48 Å². The van der Waals surface area contributed by atoms with Crippen molar-refractivity contribution >= 4 is 44.9 Å². The van der Waals surface area contributed by atoms with E-state index in [1.165, 1.54) is 72.7 Å². The Kier molecular flexibility index (Phi) is 4.82. The highest BCUT2D eigenvalue weighted by atomic mass is 15.2. The van der Waals surface area contributed by atoms with Crippen LogP contribution in [0, 0.1) is 6.92 Å². The summed E-state index contributed by atoms with van der Waals surface area (Å²) in [5.41, 5.74) is 13.6. The van der Waals surface area contributed by atoms with Crippen LogP contribution in [0.5, 0.6) is 0 Å². The third kappa shape index (κ3) is 3.17. The summed E-state index contributed by atoms with van der Waals surface area (Å²) in [5, 5.41) is 2.58. The predicted octanol–water partition coefficient (Wildman–Crippen LogP) is 10.7. The first-order chi connectivity index (χ1) is 19.5. The zero-order valence-corrected chi connectivity index (χ0v) is 23.0. The number of anilines is 6. The standard InChI is InChI=1S/C38H30N2/c1-25-19-21-28(22-20-25)40-34-18-10-12-26-11-9-15-29(37(26)34)30-23-32-36(24-35(30)40)39(27-13-5-4-6-14-27)33-17-8-7-16-31(33)38(32,2)3/h4-24H,1-3H3. The summed E-state index contributed by atoms with van der Waals surface area (Å²) in [4.78, 5) is 4.91. The average Bonchev–Trinajstić information content (AvgIpc) is 2.98.